The molecule has 1 amide bonds. The zero-order valence-corrected chi connectivity index (χ0v) is 7.00. The van der Waals surface area contributed by atoms with Crippen LogP contribution in [0.15, 0.2) is 17.9 Å². The van der Waals surface area contributed by atoms with Gasteiger partial charge < -0.3 is 15.5 Å². The first-order chi connectivity index (χ1) is 5.61. The molecule has 0 saturated heterocycles. The summed E-state index contributed by atoms with van der Waals surface area (Å²) in [7, 11) is 0. The molecule has 4 nitrogen and oxygen atoms in total. The minimum Gasteiger partial charge on any atom is -0.394 e. The summed E-state index contributed by atoms with van der Waals surface area (Å²) >= 11 is 0. The van der Waals surface area contributed by atoms with Gasteiger partial charge in [0.05, 0.1) is 18.3 Å². The van der Waals surface area contributed by atoms with Crippen LogP contribution < -0.4 is 5.32 Å². The topological polar surface area (TPSA) is 69.6 Å². The smallest absolute Gasteiger partial charge is 0.254 e. The molecule has 0 spiro atoms. The van der Waals surface area contributed by atoms with Crippen molar-refractivity contribution in [2.24, 2.45) is 0 Å². The molecule has 0 fully saturated rings. The van der Waals surface area contributed by atoms with Crippen molar-refractivity contribution in [3.63, 3.8) is 0 Å². The van der Waals surface area contributed by atoms with Gasteiger partial charge in [0.1, 0.15) is 0 Å². The van der Waals surface area contributed by atoms with Crippen LogP contribution >= 0.6 is 0 Å². The molecule has 0 aliphatic rings. The van der Waals surface area contributed by atoms with Crippen molar-refractivity contribution in [2.75, 3.05) is 13.2 Å². The minimum absolute atomic E-state index is 0.0361. The summed E-state index contributed by atoms with van der Waals surface area (Å²) in [6.07, 6.45) is -0.911. The van der Waals surface area contributed by atoms with Crippen LogP contribution in [0, 0.1) is 0 Å². The minimum atomic E-state index is -0.911. The molecule has 1 atom stereocenters. The third-order valence-electron chi connectivity index (χ3n) is 1.31. The summed E-state index contributed by atoms with van der Waals surface area (Å²) < 4.78 is 0. The number of carbonyl (C=O) groups is 1. The number of rotatable bonds is 4. The lowest BCUT2D eigenvalue weighted by Gasteiger charge is -2.07. The number of aliphatic hydroxyl groups is 2. The fourth-order valence-corrected chi connectivity index (χ4v) is 0.488. The normalized spacial score (nSPS) is 11.6. The van der Waals surface area contributed by atoms with Crippen molar-refractivity contribution >= 4 is 5.91 Å². The van der Waals surface area contributed by atoms with Gasteiger partial charge in [-0.1, -0.05) is 6.58 Å². The van der Waals surface area contributed by atoms with Crippen molar-refractivity contribution in [2.45, 2.75) is 13.0 Å². The molecule has 3 N–H and O–H groups in total. The lowest BCUT2D eigenvalue weighted by atomic mass is 10.3. The second kappa shape index (κ2) is 5.55. The molecule has 0 heterocycles. The third kappa shape index (κ3) is 3.93. The SMILES string of the molecule is C=C=C(C)C(=O)NCC(O)CO. The van der Waals surface area contributed by atoms with Gasteiger partial charge in [-0.15, -0.1) is 5.73 Å². The van der Waals surface area contributed by atoms with Crippen LogP contribution in [-0.4, -0.2) is 35.4 Å². The highest BCUT2D eigenvalue weighted by atomic mass is 16.3. The van der Waals surface area contributed by atoms with E-state index in [1.54, 1.807) is 6.92 Å². The maximum atomic E-state index is 11.0. The Morgan fingerprint density at radius 1 is 1.75 bits per heavy atom. The van der Waals surface area contributed by atoms with Gasteiger partial charge in [0.2, 0.25) is 0 Å². The van der Waals surface area contributed by atoms with E-state index in [1.165, 1.54) is 0 Å². The predicted molar refractivity (Wildman–Crippen MR) is 44.4 cm³/mol. The van der Waals surface area contributed by atoms with Gasteiger partial charge in [-0.25, -0.2) is 0 Å². The van der Waals surface area contributed by atoms with Crippen molar-refractivity contribution in [3.8, 4) is 0 Å². The van der Waals surface area contributed by atoms with Gasteiger partial charge in [-0.3, -0.25) is 4.79 Å². The highest BCUT2D eigenvalue weighted by Crippen LogP contribution is 1.87. The molecule has 1 unspecified atom stereocenters. The molecule has 0 rings (SSSR count). The van der Waals surface area contributed by atoms with Crippen LogP contribution in [-0.2, 0) is 4.79 Å². The first kappa shape index (κ1) is 10.9. The van der Waals surface area contributed by atoms with E-state index in [1.807, 2.05) is 0 Å². The lowest BCUT2D eigenvalue weighted by Crippen LogP contribution is -2.34. The third-order valence-corrected chi connectivity index (χ3v) is 1.31. The van der Waals surface area contributed by atoms with Crippen LogP contribution in [0.1, 0.15) is 6.92 Å². The van der Waals surface area contributed by atoms with Crippen molar-refractivity contribution in [3.05, 3.63) is 17.9 Å². The number of carbonyl (C=O) groups excluding carboxylic acids is 1. The van der Waals surface area contributed by atoms with Crippen LogP contribution in [0.2, 0.25) is 0 Å². The standard InChI is InChI=1S/C8H13NO3/c1-3-6(2)8(12)9-4-7(11)5-10/h7,10-11H,1,4-5H2,2H3,(H,9,12). The molecule has 12 heavy (non-hydrogen) atoms. The number of aliphatic hydroxyl groups excluding tert-OH is 2. The maximum Gasteiger partial charge on any atom is 0.254 e. The molecule has 68 valence electrons. The molecular formula is C8H13NO3. The Bertz CT molecular complexity index is 206. The molecular weight excluding hydrogens is 158 g/mol. The molecule has 0 bridgehead atoms. The van der Waals surface area contributed by atoms with E-state index in [-0.39, 0.29) is 19.1 Å². The summed E-state index contributed by atoms with van der Waals surface area (Å²) in [6.45, 7) is 4.53. The van der Waals surface area contributed by atoms with Gasteiger partial charge >= 0.3 is 0 Å². The predicted octanol–water partition coefficient (Wildman–Crippen LogP) is -0.813. The fourth-order valence-electron chi connectivity index (χ4n) is 0.488. The molecule has 0 saturated carbocycles. The second-order valence-corrected chi connectivity index (χ2v) is 2.35. The Morgan fingerprint density at radius 3 is 2.75 bits per heavy atom. The Kier molecular flexibility index (Phi) is 5.04. The van der Waals surface area contributed by atoms with E-state index in [4.69, 9.17) is 10.2 Å². The first-order valence-corrected chi connectivity index (χ1v) is 3.55. The molecule has 0 aromatic heterocycles. The molecule has 0 aromatic rings. The summed E-state index contributed by atoms with van der Waals surface area (Å²) in [5.41, 5.74) is 2.78. The Balaban J connectivity index is 3.80. The van der Waals surface area contributed by atoms with Crippen LogP contribution in [0.4, 0.5) is 0 Å². The van der Waals surface area contributed by atoms with Crippen LogP contribution in [0.3, 0.4) is 0 Å². The average molecular weight is 171 g/mol. The van der Waals surface area contributed by atoms with E-state index < -0.39 is 6.10 Å². The van der Waals surface area contributed by atoms with Crippen molar-refractivity contribution in [1.29, 1.82) is 0 Å². The zero-order chi connectivity index (χ0) is 9.56. The van der Waals surface area contributed by atoms with Gasteiger partial charge in [-0.2, -0.15) is 0 Å². The van der Waals surface area contributed by atoms with E-state index in [0.717, 1.165) is 0 Å². The quantitative estimate of drug-likeness (QED) is 0.382. The summed E-state index contributed by atoms with van der Waals surface area (Å²) in [4.78, 5) is 11.0. The molecule has 0 radical (unpaired) electrons. The lowest BCUT2D eigenvalue weighted by molar-refractivity contribution is -0.118. The number of amides is 1. The molecule has 0 aliphatic carbocycles. The van der Waals surface area contributed by atoms with Crippen LogP contribution in [0.25, 0.3) is 0 Å². The van der Waals surface area contributed by atoms with Crippen LogP contribution in [0.5, 0.6) is 0 Å². The Hall–Kier alpha value is -1.09. The highest BCUT2D eigenvalue weighted by Gasteiger charge is 2.05. The van der Waals surface area contributed by atoms with E-state index in [0.29, 0.717) is 5.57 Å². The van der Waals surface area contributed by atoms with Crippen molar-refractivity contribution in [1.82, 2.24) is 5.32 Å². The van der Waals surface area contributed by atoms with Crippen molar-refractivity contribution < 1.29 is 15.0 Å². The van der Waals surface area contributed by atoms with E-state index in [2.05, 4.69) is 17.6 Å². The summed E-state index contributed by atoms with van der Waals surface area (Å²) in [5.74, 6) is -0.336. The average Bonchev–Trinajstić information content (AvgIpc) is 2.11. The number of hydrogen-bond acceptors (Lipinski definition) is 3. The highest BCUT2D eigenvalue weighted by molar-refractivity contribution is 5.92. The zero-order valence-electron chi connectivity index (χ0n) is 7.00. The summed E-state index contributed by atoms with van der Waals surface area (Å²) in [5, 5.41) is 19.7. The monoisotopic (exact) mass is 171 g/mol. The molecule has 0 aliphatic heterocycles. The summed E-state index contributed by atoms with van der Waals surface area (Å²) in [6, 6.07) is 0. The van der Waals surface area contributed by atoms with E-state index >= 15 is 0 Å². The number of hydrogen-bond donors (Lipinski definition) is 3. The van der Waals surface area contributed by atoms with Gasteiger partial charge in [-0.05, 0) is 6.92 Å². The Morgan fingerprint density at radius 2 is 2.33 bits per heavy atom. The first-order valence-electron chi connectivity index (χ1n) is 3.55. The molecule has 0 aromatic carbocycles. The Labute approximate surface area is 71.2 Å². The second-order valence-electron chi connectivity index (χ2n) is 2.35. The van der Waals surface area contributed by atoms with Gasteiger partial charge in [0.25, 0.3) is 5.91 Å². The van der Waals surface area contributed by atoms with E-state index in [9.17, 15) is 4.79 Å². The largest absolute Gasteiger partial charge is 0.394 e. The maximum absolute atomic E-state index is 11.0. The van der Waals surface area contributed by atoms with Gasteiger partial charge in [0.15, 0.2) is 0 Å². The number of nitrogens with one attached hydrogen (secondary N) is 1. The van der Waals surface area contributed by atoms with Gasteiger partial charge in [0, 0.05) is 6.54 Å². The fraction of sp³-hybridized carbons (Fsp3) is 0.500. The molecule has 4 heteroatoms.